The van der Waals surface area contributed by atoms with E-state index in [9.17, 15) is 20.4 Å². The SMILES string of the molecule is CCC(N)(CC)c1cc(N=Nc2c(O)ccc3c(N=Nc4ccc(O)c(C(N)(CC)CC)c4)c(O)ccc23)ccc1O. The van der Waals surface area contributed by atoms with Crippen LogP contribution in [-0.2, 0) is 11.1 Å². The third-order valence-corrected chi connectivity index (χ3v) is 8.19. The lowest BCUT2D eigenvalue weighted by atomic mass is 9.85. The maximum atomic E-state index is 10.7. The molecule has 4 aromatic carbocycles. The van der Waals surface area contributed by atoms with E-state index in [1.54, 1.807) is 36.4 Å². The van der Waals surface area contributed by atoms with E-state index < -0.39 is 11.1 Å². The smallest absolute Gasteiger partial charge is 0.143 e. The average Bonchev–Trinajstić information content (AvgIpc) is 3.00. The molecule has 0 aliphatic heterocycles. The summed E-state index contributed by atoms with van der Waals surface area (Å²) in [6.45, 7) is 7.83. The lowest BCUT2D eigenvalue weighted by molar-refractivity contribution is 0.380. The van der Waals surface area contributed by atoms with Gasteiger partial charge < -0.3 is 31.9 Å². The zero-order valence-electron chi connectivity index (χ0n) is 24.3. The van der Waals surface area contributed by atoms with Crippen LogP contribution in [0.2, 0.25) is 0 Å². The lowest BCUT2D eigenvalue weighted by Crippen LogP contribution is -2.35. The summed E-state index contributed by atoms with van der Waals surface area (Å²) < 4.78 is 0. The maximum Gasteiger partial charge on any atom is 0.143 e. The number of azo groups is 2. The Morgan fingerprint density at radius 2 is 0.833 bits per heavy atom. The van der Waals surface area contributed by atoms with Crippen LogP contribution in [0.4, 0.5) is 22.7 Å². The molecule has 0 bridgehead atoms. The first kappa shape index (κ1) is 30.4. The Bertz CT molecular complexity index is 1540. The predicted molar refractivity (Wildman–Crippen MR) is 165 cm³/mol. The molecule has 0 aliphatic carbocycles. The van der Waals surface area contributed by atoms with Gasteiger partial charge in [0.1, 0.15) is 34.4 Å². The van der Waals surface area contributed by atoms with Crippen molar-refractivity contribution in [1.29, 1.82) is 0 Å². The van der Waals surface area contributed by atoms with Gasteiger partial charge in [-0.3, -0.25) is 0 Å². The summed E-state index contributed by atoms with van der Waals surface area (Å²) in [5, 5.41) is 60.5. The number of phenolic OH excluding ortho intramolecular Hbond substituents is 4. The summed E-state index contributed by atoms with van der Waals surface area (Å²) in [7, 11) is 0. The zero-order chi connectivity index (χ0) is 30.7. The first-order chi connectivity index (χ1) is 20.0. The van der Waals surface area contributed by atoms with E-state index in [0.29, 0.717) is 59.0 Å². The van der Waals surface area contributed by atoms with Crippen molar-refractivity contribution in [2.45, 2.75) is 64.5 Å². The van der Waals surface area contributed by atoms with E-state index >= 15 is 0 Å². The molecule has 0 saturated carbocycles. The molecule has 10 nitrogen and oxygen atoms in total. The molecule has 0 spiro atoms. The van der Waals surface area contributed by atoms with Crippen molar-refractivity contribution in [3.05, 3.63) is 71.8 Å². The molecular weight excluding hydrogens is 532 g/mol. The van der Waals surface area contributed by atoms with Crippen LogP contribution in [-0.4, -0.2) is 20.4 Å². The van der Waals surface area contributed by atoms with Gasteiger partial charge in [0.05, 0.1) is 11.4 Å². The Morgan fingerprint density at radius 3 is 1.17 bits per heavy atom. The van der Waals surface area contributed by atoms with E-state index in [0.717, 1.165) is 0 Å². The summed E-state index contributed by atoms with van der Waals surface area (Å²) in [6.07, 6.45) is 2.49. The Morgan fingerprint density at radius 1 is 0.500 bits per heavy atom. The maximum absolute atomic E-state index is 10.7. The minimum absolute atomic E-state index is 0.0842. The summed E-state index contributed by atoms with van der Waals surface area (Å²) >= 11 is 0. The third kappa shape index (κ3) is 5.77. The standard InChI is InChI=1S/C32H38N6O4/c1-5-31(33,6-2)23-17-19(9-13-25(23)39)35-37-29-21-11-16-28(42)30(22(21)12-15-27(29)41)38-36-20-10-14-26(40)24(18-20)32(34,7-3)8-4/h9-18,39-42H,5-8,33-34H2,1-4H3. The molecule has 0 radical (unpaired) electrons. The second-order valence-corrected chi connectivity index (χ2v) is 10.5. The van der Waals surface area contributed by atoms with Crippen LogP contribution in [0.3, 0.4) is 0 Å². The zero-order valence-corrected chi connectivity index (χ0v) is 24.3. The number of nitrogens with two attached hydrogens (primary N) is 2. The second-order valence-electron chi connectivity index (χ2n) is 10.5. The van der Waals surface area contributed by atoms with Crippen molar-refractivity contribution >= 4 is 33.5 Å². The van der Waals surface area contributed by atoms with Gasteiger partial charge in [-0.15, -0.1) is 10.2 Å². The van der Waals surface area contributed by atoms with Gasteiger partial charge >= 0.3 is 0 Å². The van der Waals surface area contributed by atoms with Gasteiger partial charge in [0.25, 0.3) is 0 Å². The van der Waals surface area contributed by atoms with Crippen LogP contribution < -0.4 is 11.5 Å². The summed E-state index contributed by atoms with van der Waals surface area (Å²) in [6, 6.07) is 15.8. The minimum atomic E-state index is -0.717. The summed E-state index contributed by atoms with van der Waals surface area (Å²) in [5.41, 5.74) is 14.0. The van der Waals surface area contributed by atoms with Gasteiger partial charge in [-0.25, -0.2) is 0 Å². The van der Waals surface area contributed by atoms with Crippen molar-refractivity contribution in [3.8, 4) is 23.0 Å². The molecule has 0 saturated heterocycles. The summed E-state index contributed by atoms with van der Waals surface area (Å²) in [5.74, 6) is -0.0618. The van der Waals surface area contributed by atoms with Crippen LogP contribution >= 0.6 is 0 Å². The fraction of sp³-hybridized carbons (Fsp3) is 0.312. The molecule has 42 heavy (non-hydrogen) atoms. The molecule has 8 N–H and O–H groups in total. The molecule has 220 valence electrons. The van der Waals surface area contributed by atoms with E-state index in [-0.39, 0.29) is 34.4 Å². The van der Waals surface area contributed by atoms with Crippen molar-refractivity contribution in [2.75, 3.05) is 0 Å². The van der Waals surface area contributed by atoms with Gasteiger partial charge in [0, 0.05) is 33.0 Å². The van der Waals surface area contributed by atoms with E-state index in [4.69, 9.17) is 11.5 Å². The Labute approximate surface area is 245 Å². The predicted octanol–water partition coefficient (Wildman–Crippen LogP) is 8.44. The van der Waals surface area contributed by atoms with Crippen LogP contribution in [0.1, 0.15) is 64.5 Å². The molecule has 0 amide bonds. The number of hydrogen-bond acceptors (Lipinski definition) is 10. The highest BCUT2D eigenvalue weighted by molar-refractivity contribution is 6.03. The Balaban J connectivity index is 1.76. The highest BCUT2D eigenvalue weighted by atomic mass is 16.3. The minimum Gasteiger partial charge on any atom is -0.508 e. The first-order valence-corrected chi connectivity index (χ1v) is 14.1. The third-order valence-electron chi connectivity index (χ3n) is 8.19. The molecule has 10 heteroatoms. The van der Waals surface area contributed by atoms with Crippen LogP contribution in [0, 0.1) is 0 Å². The largest absolute Gasteiger partial charge is 0.508 e. The van der Waals surface area contributed by atoms with Gasteiger partial charge in [-0.05, 0) is 86.3 Å². The fourth-order valence-electron chi connectivity index (χ4n) is 5.01. The molecule has 0 atom stereocenters. The average molecular weight is 571 g/mol. The number of rotatable bonds is 10. The fourth-order valence-corrected chi connectivity index (χ4v) is 5.01. The monoisotopic (exact) mass is 570 g/mol. The second kappa shape index (κ2) is 12.1. The molecule has 0 fully saturated rings. The van der Waals surface area contributed by atoms with Gasteiger partial charge in [-0.1, -0.05) is 27.7 Å². The highest BCUT2D eigenvalue weighted by Gasteiger charge is 2.27. The van der Waals surface area contributed by atoms with Gasteiger partial charge in [-0.2, -0.15) is 10.2 Å². The van der Waals surface area contributed by atoms with Crippen molar-refractivity contribution in [2.24, 2.45) is 31.9 Å². The van der Waals surface area contributed by atoms with E-state index in [1.807, 2.05) is 27.7 Å². The normalized spacial score (nSPS) is 12.6. The quantitative estimate of drug-likeness (QED) is 0.104. The van der Waals surface area contributed by atoms with E-state index in [1.165, 1.54) is 24.3 Å². The first-order valence-electron chi connectivity index (χ1n) is 14.1. The van der Waals surface area contributed by atoms with Crippen LogP contribution in [0.25, 0.3) is 10.8 Å². The molecule has 0 unspecified atom stereocenters. The Kier molecular flexibility index (Phi) is 8.79. The van der Waals surface area contributed by atoms with Crippen molar-refractivity contribution in [3.63, 3.8) is 0 Å². The summed E-state index contributed by atoms with van der Waals surface area (Å²) in [4.78, 5) is 0. The molecule has 0 aromatic heterocycles. The molecule has 4 aromatic rings. The van der Waals surface area contributed by atoms with Gasteiger partial charge in [0.2, 0.25) is 0 Å². The number of aromatic hydroxyl groups is 4. The van der Waals surface area contributed by atoms with Crippen LogP contribution in [0.15, 0.2) is 81.1 Å². The van der Waals surface area contributed by atoms with Crippen LogP contribution in [0.5, 0.6) is 23.0 Å². The van der Waals surface area contributed by atoms with Crippen molar-refractivity contribution < 1.29 is 20.4 Å². The number of benzene rings is 4. The number of fused-ring (bicyclic) bond motifs is 1. The topological polar surface area (TPSA) is 182 Å². The Hall–Kier alpha value is -4.54. The molecule has 0 heterocycles. The molecular formula is C32H38N6O4. The highest BCUT2D eigenvalue weighted by Crippen LogP contribution is 2.44. The number of nitrogens with zero attached hydrogens (tertiary/aromatic N) is 4. The molecule has 0 aliphatic rings. The van der Waals surface area contributed by atoms with Gasteiger partial charge in [0.15, 0.2) is 0 Å². The number of phenols is 4. The number of hydrogen-bond donors (Lipinski definition) is 6. The molecule has 4 rings (SSSR count). The van der Waals surface area contributed by atoms with E-state index in [2.05, 4.69) is 20.5 Å². The van der Waals surface area contributed by atoms with Crippen molar-refractivity contribution in [1.82, 2.24) is 0 Å². The lowest BCUT2D eigenvalue weighted by Gasteiger charge is -2.28.